The van der Waals surface area contributed by atoms with Gasteiger partial charge in [0.1, 0.15) is 5.56 Å². The lowest BCUT2D eigenvalue weighted by Crippen LogP contribution is -2.40. The SMILES string of the molecule is COc1nc(-c2cccc(-c3cccc(NC(=O)c4cn(C)c(=O)n(C)c4=O)c3Cl)c2Cl)ccc1CNC[C@H](C)O. The Morgan fingerprint density at radius 2 is 1.68 bits per heavy atom. The summed E-state index contributed by atoms with van der Waals surface area (Å²) in [4.78, 5) is 42.1. The number of aliphatic hydroxyl groups excluding tert-OH is 1. The maximum Gasteiger partial charge on any atom is 0.330 e. The Labute approximate surface area is 246 Å². The maximum absolute atomic E-state index is 13.0. The van der Waals surface area contributed by atoms with Crippen LogP contribution in [-0.2, 0) is 20.6 Å². The van der Waals surface area contributed by atoms with Crippen molar-refractivity contribution >= 4 is 34.8 Å². The molecule has 1 atom stereocenters. The average Bonchev–Trinajstić information content (AvgIpc) is 2.95. The number of methoxy groups -OCH3 is 1. The zero-order valence-corrected chi connectivity index (χ0v) is 24.4. The zero-order chi connectivity index (χ0) is 29.8. The largest absolute Gasteiger partial charge is 0.481 e. The van der Waals surface area contributed by atoms with Crippen molar-refractivity contribution < 1.29 is 14.6 Å². The molecule has 4 aromatic rings. The number of carbonyl (C=O) groups excluding carboxylic acids is 1. The van der Waals surface area contributed by atoms with Gasteiger partial charge in [0.25, 0.3) is 11.5 Å². The third-order valence-electron chi connectivity index (χ3n) is 6.39. The van der Waals surface area contributed by atoms with Crippen molar-refractivity contribution in [2.24, 2.45) is 14.1 Å². The van der Waals surface area contributed by atoms with Crippen molar-refractivity contribution in [3.05, 3.63) is 96.7 Å². The first-order valence-electron chi connectivity index (χ1n) is 12.6. The predicted octanol–water partition coefficient (Wildman–Crippen LogP) is 3.85. The van der Waals surface area contributed by atoms with Gasteiger partial charge in [-0.3, -0.25) is 14.2 Å². The second kappa shape index (κ2) is 12.7. The highest BCUT2D eigenvalue weighted by atomic mass is 35.5. The fourth-order valence-corrected chi connectivity index (χ4v) is 4.87. The van der Waals surface area contributed by atoms with E-state index in [1.165, 1.54) is 27.4 Å². The van der Waals surface area contributed by atoms with E-state index in [9.17, 15) is 19.5 Å². The molecule has 0 saturated heterocycles. The van der Waals surface area contributed by atoms with Crippen LogP contribution in [0.2, 0.25) is 10.0 Å². The van der Waals surface area contributed by atoms with Gasteiger partial charge in [0.15, 0.2) is 0 Å². The van der Waals surface area contributed by atoms with E-state index in [0.717, 1.165) is 14.7 Å². The minimum absolute atomic E-state index is 0.208. The number of aromatic nitrogens is 3. The predicted molar refractivity (Wildman–Crippen MR) is 160 cm³/mol. The fourth-order valence-electron chi connectivity index (χ4n) is 4.27. The molecule has 0 aliphatic carbocycles. The van der Waals surface area contributed by atoms with E-state index in [-0.39, 0.29) is 16.3 Å². The summed E-state index contributed by atoms with van der Waals surface area (Å²) in [5.74, 6) is -0.284. The Bertz CT molecular complexity index is 1730. The number of nitrogens with zero attached hydrogens (tertiary/aromatic N) is 3. The number of aryl methyl sites for hydroxylation is 1. The second-order valence-corrected chi connectivity index (χ2v) is 10.2. The van der Waals surface area contributed by atoms with Gasteiger partial charge in [-0.15, -0.1) is 0 Å². The Hall–Kier alpha value is -3.96. The molecule has 0 bridgehead atoms. The molecule has 2 aromatic carbocycles. The van der Waals surface area contributed by atoms with Crippen LogP contribution in [0.1, 0.15) is 22.8 Å². The van der Waals surface area contributed by atoms with E-state index >= 15 is 0 Å². The highest BCUT2D eigenvalue weighted by Gasteiger charge is 2.19. The maximum atomic E-state index is 13.0. The first kappa shape index (κ1) is 30.0. The monoisotopic (exact) mass is 597 g/mol. The smallest absolute Gasteiger partial charge is 0.330 e. The molecule has 0 unspecified atom stereocenters. The number of benzene rings is 2. The van der Waals surface area contributed by atoms with Gasteiger partial charge in [-0.2, -0.15) is 0 Å². The van der Waals surface area contributed by atoms with Gasteiger partial charge >= 0.3 is 5.69 Å². The molecule has 0 radical (unpaired) electrons. The number of nitrogens with one attached hydrogen (secondary N) is 2. The van der Waals surface area contributed by atoms with Gasteiger partial charge in [0.05, 0.1) is 34.6 Å². The molecule has 41 heavy (non-hydrogen) atoms. The van der Waals surface area contributed by atoms with Crippen LogP contribution in [0.25, 0.3) is 22.4 Å². The number of rotatable bonds is 9. The number of hydrogen-bond donors (Lipinski definition) is 3. The van der Waals surface area contributed by atoms with E-state index in [1.807, 2.05) is 24.3 Å². The van der Waals surface area contributed by atoms with Crippen LogP contribution in [0.4, 0.5) is 5.69 Å². The summed E-state index contributed by atoms with van der Waals surface area (Å²) in [6, 6.07) is 14.2. The van der Waals surface area contributed by atoms with E-state index in [0.29, 0.717) is 46.4 Å². The summed E-state index contributed by atoms with van der Waals surface area (Å²) in [5.41, 5.74) is 1.99. The Morgan fingerprint density at radius 3 is 2.37 bits per heavy atom. The minimum Gasteiger partial charge on any atom is -0.481 e. The number of amides is 1. The van der Waals surface area contributed by atoms with Gasteiger partial charge in [-0.1, -0.05) is 59.6 Å². The molecule has 10 nitrogen and oxygen atoms in total. The number of aliphatic hydroxyl groups is 1. The van der Waals surface area contributed by atoms with Gasteiger partial charge < -0.3 is 25.0 Å². The zero-order valence-electron chi connectivity index (χ0n) is 22.9. The molecule has 1 amide bonds. The summed E-state index contributed by atoms with van der Waals surface area (Å²) >= 11 is 13.6. The molecule has 0 aliphatic heterocycles. The molecule has 214 valence electrons. The number of carbonyl (C=O) groups is 1. The molecule has 2 aromatic heterocycles. The van der Waals surface area contributed by atoms with Crippen LogP contribution < -0.4 is 26.6 Å². The molecule has 3 N–H and O–H groups in total. The van der Waals surface area contributed by atoms with Gasteiger partial charge in [-0.05, 0) is 19.1 Å². The van der Waals surface area contributed by atoms with Crippen LogP contribution in [0.15, 0.2) is 64.3 Å². The van der Waals surface area contributed by atoms with Gasteiger partial charge in [-0.25, -0.2) is 9.78 Å². The Morgan fingerprint density at radius 1 is 1.02 bits per heavy atom. The molecule has 0 aliphatic rings. The summed E-state index contributed by atoms with van der Waals surface area (Å²) in [7, 11) is 4.29. The van der Waals surface area contributed by atoms with Crippen LogP contribution in [0, 0.1) is 0 Å². The molecule has 4 rings (SSSR count). The highest BCUT2D eigenvalue weighted by molar-refractivity contribution is 6.39. The minimum atomic E-state index is -0.721. The first-order valence-corrected chi connectivity index (χ1v) is 13.4. The lowest BCUT2D eigenvalue weighted by molar-refractivity contribution is 0.102. The molecule has 0 fully saturated rings. The summed E-state index contributed by atoms with van der Waals surface area (Å²) < 4.78 is 7.51. The molecular weight excluding hydrogens is 569 g/mol. The summed E-state index contributed by atoms with van der Waals surface area (Å²) in [6.07, 6.45) is 0.711. The van der Waals surface area contributed by atoms with Crippen LogP contribution in [0.3, 0.4) is 0 Å². The van der Waals surface area contributed by atoms with Crippen molar-refractivity contribution in [3.8, 4) is 28.3 Å². The normalized spacial score (nSPS) is 11.8. The standard InChI is InChI=1S/C29H29Cl2N5O5/c1-16(37)13-32-14-17-11-12-22(34-27(17)41-4)20-9-5-7-18(24(20)30)19-8-6-10-23(25(19)31)33-26(38)21-15-35(2)29(40)36(3)28(21)39/h5-12,15-16,32,37H,13-14H2,1-4H3,(H,33,38)/t16-/m0/s1. The van der Waals surface area contributed by atoms with E-state index in [2.05, 4.69) is 15.6 Å². The van der Waals surface area contributed by atoms with Crippen molar-refractivity contribution in [3.63, 3.8) is 0 Å². The van der Waals surface area contributed by atoms with Crippen molar-refractivity contribution in [2.45, 2.75) is 19.6 Å². The Kier molecular flexibility index (Phi) is 9.29. The van der Waals surface area contributed by atoms with Crippen molar-refractivity contribution in [2.75, 3.05) is 19.0 Å². The van der Waals surface area contributed by atoms with Crippen LogP contribution in [-0.4, -0.2) is 44.9 Å². The van der Waals surface area contributed by atoms with Crippen LogP contribution >= 0.6 is 23.2 Å². The van der Waals surface area contributed by atoms with Gasteiger partial charge in [0, 0.05) is 55.6 Å². The third kappa shape index (κ3) is 6.36. The average molecular weight is 598 g/mol. The molecule has 2 heterocycles. The summed E-state index contributed by atoms with van der Waals surface area (Å²) in [6.45, 7) is 2.60. The number of pyridine rings is 1. The van der Waals surface area contributed by atoms with E-state index < -0.39 is 23.3 Å². The number of anilines is 1. The quantitative estimate of drug-likeness (QED) is 0.267. The van der Waals surface area contributed by atoms with Crippen molar-refractivity contribution in [1.29, 1.82) is 0 Å². The molecular formula is C29H29Cl2N5O5. The number of hydrogen-bond acceptors (Lipinski definition) is 7. The van der Waals surface area contributed by atoms with Crippen molar-refractivity contribution in [1.82, 2.24) is 19.4 Å². The molecule has 0 spiro atoms. The summed E-state index contributed by atoms with van der Waals surface area (Å²) in [5, 5.41) is 15.9. The van der Waals surface area contributed by atoms with E-state index in [4.69, 9.17) is 27.9 Å². The first-order chi connectivity index (χ1) is 19.5. The lowest BCUT2D eigenvalue weighted by Gasteiger charge is -2.15. The van der Waals surface area contributed by atoms with Gasteiger partial charge in [0.2, 0.25) is 5.88 Å². The molecule has 12 heteroatoms. The van der Waals surface area contributed by atoms with E-state index in [1.54, 1.807) is 31.2 Å². The fraction of sp³-hybridized carbons (Fsp3) is 0.241. The Balaban J connectivity index is 1.67. The number of halogens is 2. The molecule has 0 saturated carbocycles. The third-order valence-corrected chi connectivity index (χ3v) is 7.20. The number of ether oxygens (including phenoxy) is 1. The highest BCUT2D eigenvalue weighted by Crippen LogP contribution is 2.41. The second-order valence-electron chi connectivity index (χ2n) is 9.43. The lowest BCUT2D eigenvalue weighted by atomic mass is 10.00. The van der Waals surface area contributed by atoms with Crippen LogP contribution in [0.5, 0.6) is 5.88 Å². The topological polar surface area (TPSA) is 127 Å².